The zero-order valence-corrected chi connectivity index (χ0v) is 18.4. The van der Waals surface area contributed by atoms with Gasteiger partial charge in [0.1, 0.15) is 5.75 Å². The standard InChI is InChI=1S/C23H22N6O5/c1-32-18-10-15(8-9-16(18)19-11-24-13-34-19)25-22-27-20(14-6-4-3-5-7-14)28-23(29-22)26-17(12-30)21(31)33-2/h3-11,13,17,30H,12H2,1-2H3,(H2,25,26,27,28,29)/t17-/m0/s1. The van der Waals surface area contributed by atoms with E-state index in [1.165, 1.54) is 13.5 Å². The van der Waals surface area contributed by atoms with Gasteiger partial charge in [0.2, 0.25) is 11.9 Å². The molecule has 0 fully saturated rings. The van der Waals surface area contributed by atoms with E-state index in [4.69, 9.17) is 13.9 Å². The Bertz CT molecular complexity index is 1250. The average Bonchev–Trinajstić information content (AvgIpc) is 3.42. The molecule has 2 aromatic heterocycles. The molecule has 0 radical (unpaired) electrons. The predicted octanol–water partition coefficient (Wildman–Crippen LogP) is 2.89. The Morgan fingerprint density at radius 3 is 2.56 bits per heavy atom. The van der Waals surface area contributed by atoms with Crippen molar-refractivity contribution < 1.29 is 23.8 Å². The summed E-state index contributed by atoms with van der Waals surface area (Å²) in [6.45, 7) is -0.498. The van der Waals surface area contributed by atoms with Gasteiger partial charge in [-0.15, -0.1) is 0 Å². The fourth-order valence-electron chi connectivity index (χ4n) is 3.14. The molecule has 0 bridgehead atoms. The molecular weight excluding hydrogens is 440 g/mol. The van der Waals surface area contributed by atoms with E-state index >= 15 is 0 Å². The van der Waals surface area contributed by atoms with E-state index < -0.39 is 18.6 Å². The number of hydrogen-bond donors (Lipinski definition) is 3. The molecule has 0 saturated heterocycles. The number of oxazole rings is 1. The molecule has 2 heterocycles. The van der Waals surface area contributed by atoms with Crippen LogP contribution in [0.3, 0.4) is 0 Å². The van der Waals surface area contributed by atoms with Gasteiger partial charge in [0.25, 0.3) is 0 Å². The highest BCUT2D eigenvalue weighted by Gasteiger charge is 2.20. The fraction of sp³-hybridized carbons (Fsp3) is 0.174. The summed E-state index contributed by atoms with van der Waals surface area (Å²) >= 11 is 0. The maximum atomic E-state index is 11.9. The normalized spacial score (nSPS) is 11.5. The van der Waals surface area contributed by atoms with Gasteiger partial charge in [-0.3, -0.25) is 0 Å². The van der Waals surface area contributed by atoms with Crippen molar-refractivity contribution in [2.45, 2.75) is 6.04 Å². The van der Waals surface area contributed by atoms with Crippen LogP contribution in [-0.2, 0) is 9.53 Å². The largest absolute Gasteiger partial charge is 0.496 e. The predicted molar refractivity (Wildman–Crippen MR) is 124 cm³/mol. The minimum Gasteiger partial charge on any atom is -0.496 e. The Labute approximate surface area is 194 Å². The number of carbonyl (C=O) groups is 1. The van der Waals surface area contributed by atoms with Gasteiger partial charge in [-0.2, -0.15) is 15.0 Å². The van der Waals surface area contributed by atoms with Crippen molar-refractivity contribution in [1.82, 2.24) is 19.9 Å². The second-order valence-electron chi connectivity index (χ2n) is 6.98. The van der Waals surface area contributed by atoms with Crippen LogP contribution in [0.4, 0.5) is 17.6 Å². The number of esters is 1. The summed E-state index contributed by atoms with van der Waals surface area (Å²) in [7, 11) is 2.79. The number of methoxy groups -OCH3 is 2. The molecule has 0 spiro atoms. The van der Waals surface area contributed by atoms with Crippen molar-refractivity contribution in [3.63, 3.8) is 0 Å². The van der Waals surface area contributed by atoms with E-state index in [1.54, 1.807) is 19.4 Å². The SMILES string of the molecule is COC(=O)[C@H](CO)Nc1nc(Nc2ccc(-c3cnco3)c(OC)c2)nc(-c2ccccc2)n1. The Morgan fingerprint density at radius 1 is 1.09 bits per heavy atom. The van der Waals surface area contributed by atoms with Crippen LogP contribution in [0.15, 0.2) is 65.5 Å². The second-order valence-corrected chi connectivity index (χ2v) is 6.98. The quantitative estimate of drug-likeness (QED) is 0.316. The molecule has 2 aromatic carbocycles. The van der Waals surface area contributed by atoms with Crippen LogP contribution in [0.5, 0.6) is 5.75 Å². The van der Waals surface area contributed by atoms with Gasteiger partial charge in [0, 0.05) is 17.3 Å². The van der Waals surface area contributed by atoms with Gasteiger partial charge in [-0.25, -0.2) is 9.78 Å². The number of nitrogens with zero attached hydrogens (tertiary/aromatic N) is 4. The van der Waals surface area contributed by atoms with Crippen LogP contribution in [0.2, 0.25) is 0 Å². The van der Waals surface area contributed by atoms with E-state index in [9.17, 15) is 9.90 Å². The lowest BCUT2D eigenvalue weighted by Gasteiger charge is -2.15. The molecule has 4 aromatic rings. The van der Waals surface area contributed by atoms with Crippen molar-refractivity contribution in [3.8, 4) is 28.5 Å². The maximum Gasteiger partial charge on any atom is 0.330 e. The molecule has 11 nitrogen and oxygen atoms in total. The van der Waals surface area contributed by atoms with Crippen molar-refractivity contribution in [2.24, 2.45) is 0 Å². The number of aromatic nitrogens is 4. The molecule has 1 atom stereocenters. The summed E-state index contributed by atoms with van der Waals surface area (Å²) in [4.78, 5) is 29.1. The van der Waals surface area contributed by atoms with Crippen molar-refractivity contribution in [3.05, 3.63) is 61.1 Å². The van der Waals surface area contributed by atoms with Gasteiger partial charge in [0.15, 0.2) is 24.0 Å². The number of nitrogens with one attached hydrogen (secondary N) is 2. The minimum atomic E-state index is -1.04. The topological polar surface area (TPSA) is 145 Å². The summed E-state index contributed by atoms with van der Waals surface area (Å²) in [5.74, 6) is 1.15. The molecule has 3 N–H and O–H groups in total. The lowest BCUT2D eigenvalue weighted by atomic mass is 10.1. The molecule has 0 unspecified atom stereocenters. The smallest absolute Gasteiger partial charge is 0.330 e. The first-order valence-corrected chi connectivity index (χ1v) is 10.2. The first-order valence-electron chi connectivity index (χ1n) is 10.2. The number of carbonyl (C=O) groups excluding carboxylic acids is 1. The van der Waals surface area contributed by atoms with Gasteiger partial charge < -0.3 is 29.6 Å². The first kappa shape index (κ1) is 22.7. The highest BCUT2D eigenvalue weighted by Crippen LogP contribution is 2.33. The third-order valence-electron chi connectivity index (χ3n) is 4.79. The van der Waals surface area contributed by atoms with Crippen LogP contribution >= 0.6 is 0 Å². The summed E-state index contributed by atoms with van der Waals surface area (Å²) in [5, 5.41) is 15.5. The highest BCUT2D eigenvalue weighted by atomic mass is 16.5. The van der Waals surface area contributed by atoms with E-state index in [0.717, 1.165) is 11.1 Å². The molecule has 4 rings (SSSR count). The maximum absolute atomic E-state index is 11.9. The van der Waals surface area contributed by atoms with Gasteiger partial charge >= 0.3 is 5.97 Å². The number of hydrogen-bond acceptors (Lipinski definition) is 11. The zero-order valence-electron chi connectivity index (χ0n) is 18.4. The van der Waals surface area contributed by atoms with E-state index in [-0.39, 0.29) is 11.9 Å². The number of aliphatic hydroxyl groups excluding tert-OH is 1. The molecule has 11 heteroatoms. The number of benzene rings is 2. The molecule has 174 valence electrons. The van der Waals surface area contributed by atoms with E-state index in [0.29, 0.717) is 23.0 Å². The number of rotatable bonds is 9. The van der Waals surface area contributed by atoms with Crippen molar-refractivity contribution >= 4 is 23.6 Å². The number of anilines is 3. The Hall–Kier alpha value is -4.51. The number of aliphatic hydroxyl groups is 1. The lowest BCUT2D eigenvalue weighted by Crippen LogP contribution is -2.34. The first-order chi connectivity index (χ1) is 16.6. The van der Waals surface area contributed by atoms with Gasteiger partial charge in [-0.1, -0.05) is 30.3 Å². The van der Waals surface area contributed by atoms with E-state index in [1.807, 2.05) is 42.5 Å². The van der Waals surface area contributed by atoms with Crippen LogP contribution in [0.1, 0.15) is 0 Å². The minimum absolute atomic E-state index is 0.0889. The molecule has 34 heavy (non-hydrogen) atoms. The van der Waals surface area contributed by atoms with Gasteiger partial charge in [-0.05, 0) is 12.1 Å². The molecule has 0 aliphatic heterocycles. The van der Waals surface area contributed by atoms with Crippen LogP contribution in [0, 0.1) is 0 Å². The van der Waals surface area contributed by atoms with Crippen LogP contribution < -0.4 is 15.4 Å². The third kappa shape index (κ3) is 5.10. The van der Waals surface area contributed by atoms with Crippen LogP contribution in [0.25, 0.3) is 22.7 Å². The average molecular weight is 462 g/mol. The molecular formula is C23H22N6O5. The third-order valence-corrected chi connectivity index (χ3v) is 4.79. The lowest BCUT2D eigenvalue weighted by molar-refractivity contribution is -0.142. The fourth-order valence-corrected chi connectivity index (χ4v) is 3.14. The van der Waals surface area contributed by atoms with Crippen molar-refractivity contribution in [1.29, 1.82) is 0 Å². The summed E-state index contributed by atoms with van der Waals surface area (Å²) in [6, 6.07) is 13.7. The molecule has 0 aliphatic rings. The zero-order chi connectivity index (χ0) is 23.9. The molecule has 0 saturated carbocycles. The highest BCUT2D eigenvalue weighted by molar-refractivity contribution is 5.79. The monoisotopic (exact) mass is 462 g/mol. The Morgan fingerprint density at radius 2 is 1.88 bits per heavy atom. The second kappa shape index (κ2) is 10.4. The van der Waals surface area contributed by atoms with Gasteiger partial charge in [0.05, 0.1) is 32.6 Å². The summed E-state index contributed by atoms with van der Waals surface area (Å²) in [6.07, 6.45) is 2.94. The Kier molecular flexibility index (Phi) is 6.94. The summed E-state index contributed by atoms with van der Waals surface area (Å²) < 4.78 is 15.6. The Balaban J connectivity index is 1.68. The van der Waals surface area contributed by atoms with E-state index in [2.05, 4.69) is 30.6 Å². The summed E-state index contributed by atoms with van der Waals surface area (Å²) in [5.41, 5.74) is 2.12. The van der Waals surface area contributed by atoms with Crippen LogP contribution in [-0.4, -0.2) is 57.9 Å². The van der Waals surface area contributed by atoms with Crippen molar-refractivity contribution in [2.75, 3.05) is 31.5 Å². The molecule has 0 aliphatic carbocycles. The number of ether oxygens (including phenoxy) is 2. The molecule has 0 amide bonds.